The van der Waals surface area contributed by atoms with Crippen LogP contribution < -0.4 is 0 Å². The Hall–Kier alpha value is -1.26. The predicted molar refractivity (Wildman–Crippen MR) is 123 cm³/mol. The van der Waals surface area contributed by atoms with Gasteiger partial charge in [-0.3, -0.25) is 4.90 Å². The van der Waals surface area contributed by atoms with Crippen LogP contribution in [0.3, 0.4) is 0 Å². The van der Waals surface area contributed by atoms with E-state index in [1.165, 1.54) is 11.1 Å². The monoisotopic (exact) mass is 437 g/mol. The molecule has 1 aliphatic heterocycles. The van der Waals surface area contributed by atoms with E-state index < -0.39 is 0 Å². The summed E-state index contributed by atoms with van der Waals surface area (Å²) in [5, 5.41) is 10.4. The maximum Gasteiger partial charge on any atom is 0.119 e. The molecule has 2 aromatic carbocycles. The lowest BCUT2D eigenvalue weighted by molar-refractivity contribution is -0.0246. The van der Waals surface area contributed by atoms with Gasteiger partial charge in [-0.05, 0) is 60.4 Å². The van der Waals surface area contributed by atoms with Gasteiger partial charge in [0, 0.05) is 12.6 Å². The minimum Gasteiger partial charge on any atom is -0.508 e. The molecule has 0 spiro atoms. The Morgan fingerprint density at radius 3 is 2.59 bits per heavy atom. The van der Waals surface area contributed by atoms with Crippen molar-refractivity contribution < 1.29 is 9.84 Å². The Balaban J connectivity index is 0.00000150. The van der Waals surface area contributed by atoms with Crippen molar-refractivity contribution in [1.82, 2.24) is 4.90 Å². The number of rotatable bonds is 5. The summed E-state index contributed by atoms with van der Waals surface area (Å²) in [7, 11) is 0. The molecular formula is C24H33Cl2NO2. The van der Waals surface area contributed by atoms with Crippen LogP contribution in [-0.2, 0) is 23.2 Å². The van der Waals surface area contributed by atoms with Crippen molar-refractivity contribution in [1.29, 1.82) is 0 Å². The summed E-state index contributed by atoms with van der Waals surface area (Å²) in [5.41, 5.74) is 3.90. The van der Waals surface area contributed by atoms with Gasteiger partial charge in [-0.1, -0.05) is 56.3 Å². The summed E-state index contributed by atoms with van der Waals surface area (Å²) < 4.78 is 6.13. The normalized spacial score (nSPS) is 26.6. The van der Waals surface area contributed by atoms with E-state index in [0.29, 0.717) is 24.3 Å². The van der Waals surface area contributed by atoms with Gasteiger partial charge in [0.2, 0.25) is 0 Å². The molecular weight excluding hydrogens is 405 g/mol. The Labute approximate surface area is 187 Å². The lowest BCUT2D eigenvalue weighted by atomic mass is 9.59. The van der Waals surface area contributed by atoms with Crippen LogP contribution in [0, 0.1) is 5.92 Å². The van der Waals surface area contributed by atoms with E-state index in [4.69, 9.17) is 4.74 Å². The van der Waals surface area contributed by atoms with Crippen LogP contribution in [0.25, 0.3) is 0 Å². The Morgan fingerprint density at radius 2 is 1.86 bits per heavy atom. The van der Waals surface area contributed by atoms with Crippen LogP contribution in [-0.4, -0.2) is 35.2 Å². The van der Waals surface area contributed by atoms with Gasteiger partial charge in [-0.15, -0.1) is 24.8 Å². The summed E-state index contributed by atoms with van der Waals surface area (Å²) in [4.78, 5) is 2.59. The number of aromatic hydroxyl groups is 1. The average Bonchev–Trinajstić information content (AvgIpc) is 2.67. The van der Waals surface area contributed by atoms with E-state index in [1.807, 2.05) is 18.2 Å². The van der Waals surface area contributed by atoms with Gasteiger partial charge in [-0.2, -0.15) is 0 Å². The first kappa shape index (κ1) is 24.0. The van der Waals surface area contributed by atoms with Crippen LogP contribution in [0.15, 0.2) is 48.5 Å². The van der Waals surface area contributed by atoms with E-state index in [1.54, 1.807) is 0 Å². The van der Waals surface area contributed by atoms with Crippen molar-refractivity contribution in [2.75, 3.05) is 13.1 Å². The number of hydrogen-bond acceptors (Lipinski definition) is 3. The van der Waals surface area contributed by atoms with Crippen molar-refractivity contribution in [3.8, 4) is 5.75 Å². The number of nitrogens with zero attached hydrogens (tertiary/aromatic N) is 1. The highest BCUT2D eigenvalue weighted by molar-refractivity contribution is 5.85. The average molecular weight is 438 g/mol. The molecule has 1 N–H and O–H groups in total. The number of piperidine rings is 1. The number of benzene rings is 2. The van der Waals surface area contributed by atoms with E-state index in [2.05, 4.69) is 56.0 Å². The standard InChI is InChI=1S/C24H31NO2.2ClH/c1-17(27-16-19-8-5-4-6-9-19)15-25-13-12-24(3)18(2)22(25)14-20-21(24)10-7-11-23(20)26;;/h4-11,17-18,22,26H,12-16H2,1-3H3;2*1H. The van der Waals surface area contributed by atoms with Crippen molar-refractivity contribution >= 4 is 24.8 Å². The lowest BCUT2D eigenvalue weighted by Gasteiger charge is -2.55. The van der Waals surface area contributed by atoms with Crippen LogP contribution in [0.2, 0.25) is 0 Å². The third kappa shape index (κ3) is 4.59. The summed E-state index contributed by atoms with van der Waals surface area (Å²) in [5.74, 6) is 1.03. The van der Waals surface area contributed by atoms with Gasteiger partial charge in [0.05, 0.1) is 12.7 Å². The fourth-order valence-corrected chi connectivity index (χ4v) is 5.15. The van der Waals surface area contributed by atoms with Gasteiger partial charge in [0.1, 0.15) is 5.75 Å². The molecule has 2 aliphatic rings. The second kappa shape index (κ2) is 9.70. The van der Waals surface area contributed by atoms with E-state index >= 15 is 0 Å². The highest BCUT2D eigenvalue weighted by Gasteiger charge is 2.49. The molecule has 4 atom stereocenters. The molecule has 1 heterocycles. The third-order valence-corrected chi connectivity index (χ3v) is 7.02. The fraction of sp³-hybridized carbons (Fsp3) is 0.500. The second-order valence-electron chi connectivity index (χ2n) is 8.63. The number of likely N-dealkylation sites (tertiary alicyclic amines) is 1. The number of phenolic OH excluding ortho intramolecular Hbond substituents is 1. The zero-order valence-corrected chi connectivity index (χ0v) is 19.1. The molecule has 0 radical (unpaired) electrons. The molecule has 160 valence electrons. The maximum absolute atomic E-state index is 10.4. The van der Waals surface area contributed by atoms with Gasteiger partial charge >= 0.3 is 0 Å². The number of fused-ring (bicyclic) bond motifs is 4. The molecule has 0 aromatic heterocycles. The van der Waals surface area contributed by atoms with Crippen molar-refractivity contribution in [2.24, 2.45) is 5.92 Å². The van der Waals surface area contributed by atoms with E-state index in [0.717, 1.165) is 31.5 Å². The summed E-state index contributed by atoms with van der Waals surface area (Å²) in [6, 6.07) is 16.9. The highest BCUT2D eigenvalue weighted by atomic mass is 35.5. The van der Waals surface area contributed by atoms with Crippen molar-refractivity contribution in [2.45, 2.75) is 57.8 Å². The summed E-state index contributed by atoms with van der Waals surface area (Å²) >= 11 is 0. The number of phenols is 1. The van der Waals surface area contributed by atoms with Gasteiger partial charge < -0.3 is 9.84 Å². The first-order chi connectivity index (χ1) is 13.0. The predicted octanol–water partition coefficient (Wildman–Crippen LogP) is 5.37. The molecule has 5 heteroatoms. The van der Waals surface area contributed by atoms with Crippen molar-refractivity contribution in [3.63, 3.8) is 0 Å². The summed E-state index contributed by atoms with van der Waals surface area (Å²) in [6.45, 7) is 9.65. The molecule has 1 saturated heterocycles. The lowest BCUT2D eigenvalue weighted by Crippen LogP contribution is -2.59. The van der Waals surface area contributed by atoms with E-state index in [9.17, 15) is 5.11 Å². The Bertz CT molecular complexity index is 801. The topological polar surface area (TPSA) is 32.7 Å². The molecule has 2 bridgehead atoms. The minimum atomic E-state index is 0. The Kier molecular flexibility index (Phi) is 8.03. The SMILES string of the molecule is CC(CN1CCC2(C)c3cccc(O)c3CC1C2C)OCc1ccccc1.Cl.Cl. The zero-order valence-electron chi connectivity index (χ0n) is 17.5. The van der Waals surface area contributed by atoms with Crippen molar-refractivity contribution in [3.05, 3.63) is 65.2 Å². The smallest absolute Gasteiger partial charge is 0.119 e. The Morgan fingerprint density at radius 1 is 1.14 bits per heavy atom. The quantitative estimate of drug-likeness (QED) is 0.682. The van der Waals surface area contributed by atoms with Crippen LogP contribution in [0.4, 0.5) is 0 Å². The first-order valence-corrected chi connectivity index (χ1v) is 10.2. The molecule has 1 aliphatic carbocycles. The molecule has 29 heavy (non-hydrogen) atoms. The first-order valence-electron chi connectivity index (χ1n) is 10.2. The van der Waals surface area contributed by atoms with Crippen LogP contribution in [0.1, 0.15) is 43.9 Å². The molecule has 4 unspecified atom stereocenters. The molecule has 4 rings (SSSR count). The fourth-order valence-electron chi connectivity index (χ4n) is 5.15. The molecule has 1 fully saturated rings. The third-order valence-electron chi connectivity index (χ3n) is 7.02. The largest absolute Gasteiger partial charge is 0.508 e. The number of hydrogen-bond donors (Lipinski definition) is 1. The molecule has 2 aromatic rings. The van der Waals surface area contributed by atoms with Gasteiger partial charge in [0.15, 0.2) is 0 Å². The second-order valence-corrected chi connectivity index (χ2v) is 8.63. The van der Waals surface area contributed by atoms with E-state index in [-0.39, 0.29) is 36.3 Å². The highest BCUT2D eigenvalue weighted by Crippen LogP contribution is 2.50. The summed E-state index contributed by atoms with van der Waals surface area (Å²) in [6.07, 6.45) is 2.25. The molecule has 0 amide bonds. The maximum atomic E-state index is 10.4. The molecule has 3 nitrogen and oxygen atoms in total. The number of halogens is 2. The minimum absolute atomic E-state index is 0. The van der Waals surface area contributed by atoms with Crippen LogP contribution >= 0.6 is 24.8 Å². The zero-order chi connectivity index (χ0) is 19.0. The van der Waals surface area contributed by atoms with Crippen LogP contribution in [0.5, 0.6) is 5.75 Å². The van der Waals surface area contributed by atoms with Gasteiger partial charge in [-0.25, -0.2) is 0 Å². The molecule has 0 saturated carbocycles. The van der Waals surface area contributed by atoms with Gasteiger partial charge in [0.25, 0.3) is 0 Å². The number of ether oxygens (including phenoxy) is 1.